The summed E-state index contributed by atoms with van der Waals surface area (Å²) in [5.41, 5.74) is 1.10. The van der Waals surface area contributed by atoms with Crippen molar-refractivity contribution < 1.29 is 6.11 Å². The van der Waals surface area contributed by atoms with Gasteiger partial charge in [0.1, 0.15) is 0 Å². The monoisotopic (exact) mass is 164 g/mol. The molecule has 0 bridgehead atoms. The van der Waals surface area contributed by atoms with E-state index in [4.69, 9.17) is 6.11 Å². The lowest BCUT2D eigenvalue weighted by Crippen LogP contribution is -2.33. The number of benzene rings is 1. The molecule has 0 radical (unpaired) electrons. The number of morpholine rings is 1. The molecule has 0 saturated carbocycles. The van der Waals surface area contributed by atoms with Gasteiger partial charge in [0.25, 0.3) is 0 Å². The van der Waals surface area contributed by atoms with Gasteiger partial charge in [-0.05, 0) is 5.56 Å². The second kappa shape index (κ2) is 3.70. The summed E-state index contributed by atoms with van der Waals surface area (Å²) in [6, 6.07) is 8.09. The highest BCUT2D eigenvalue weighted by Crippen LogP contribution is 2.17. The maximum atomic E-state index is 7.48. The van der Waals surface area contributed by atoms with Crippen LogP contribution in [0.5, 0.6) is 0 Å². The molecule has 1 heterocycles. The van der Waals surface area contributed by atoms with Gasteiger partial charge in [-0.15, -0.1) is 0 Å². The van der Waals surface area contributed by atoms with Gasteiger partial charge < -0.3 is 10.1 Å². The van der Waals surface area contributed by atoms with Crippen molar-refractivity contribution in [2.24, 2.45) is 0 Å². The van der Waals surface area contributed by atoms with E-state index in [1.54, 1.807) is 6.07 Å². The van der Waals surface area contributed by atoms with Crippen molar-refractivity contribution in [2.75, 3.05) is 19.7 Å². The fourth-order valence-corrected chi connectivity index (χ4v) is 1.39. The molecule has 2 rings (SSSR count). The van der Waals surface area contributed by atoms with Crippen LogP contribution in [0.25, 0.3) is 0 Å². The second-order valence-corrected chi connectivity index (χ2v) is 2.90. The summed E-state index contributed by atoms with van der Waals surface area (Å²) >= 11 is 0. The normalized spacial score (nSPS) is 25.0. The molecule has 1 aromatic rings. The van der Waals surface area contributed by atoms with Crippen LogP contribution in [0.2, 0.25) is 0 Å². The van der Waals surface area contributed by atoms with Gasteiger partial charge in [0, 0.05) is 13.1 Å². The van der Waals surface area contributed by atoms with E-state index in [-0.39, 0.29) is 6.10 Å². The molecule has 1 saturated heterocycles. The third kappa shape index (κ3) is 1.65. The first kappa shape index (κ1) is 6.63. The van der Waals surface area contributed by atoms with Gasteiger partial charge in [-0.2, -0.15) is 0 Å². The molecule has 1 aliphatic heterocycles. The first-order valence-corrected chi connectivity index (χ1v) is 4.25. The smallest absolute Gasteiger partial charge is 0.0949 e. The van der Waals surface area contributed by atoms with Crippen LogP contribution in [0.1, 0.15) is 13.0 Å². The second-order valence-electron chi connectivity index (χ2n) is 2.90. The maximum Gasteiger partial charge on any atom is 0.0949 e. The van der Waals surface area contributed by atoms with E-state index in [1.165, 1.54) is 0 Å². The first-order valence-electron chi connectivity index (χ1n) is 4.75. The molecule has 1 aliphatic rings. The van der Waals surface area contributed by atoms with Crippen LogP contribution in [-0.2, 0) is 4.74 Å². The lowest BCUT2D eigenvalue weighted by molar-refractivity contribution is 0.0277. The molecular formula is C10H13NO. The minimum atomic E-state index is 0.124. The third-order valence-corrected chi connectivity index (χ3v) is 2.03. The van der Waals surface area contributed by atoms with E-state index in [2.05, 4.69) is 5.32 Å². The molecule has 0 aromatic heterocycles. The average Bonchev–Trinajstić information content (AvgIpc) is 2.19. The Labute approximate surface area is 74.0 Å². The minimum absolute atomic E-state index is 0.124. The Morgan fingerprint density at radius 1 is 1.50 bits per heavy atom. The van der Waals surface area contributed by atoms with E-state index in [0.717, 1.165) is 25.3 Å². The molecule has 0 aliphatic carbocycles. The van der Waals surface area contributed by atoms with Gasteiger partial charge in [-0.1, -0.05) is 30.3 Å². The van der Waals surface area contributed by atoms with Crippen molar-refractivity contribution in [1.29, 1.82) is 0 Å². The number of hydrogen-bond acceptors (Lipinski definition) is 2. The highest BCUT2D eigenvalue weighted by atomic mass is 16.5. The largest absolute Gasteiger partial charge is 0.371 e. The standard InChI is InChI=1S/C10H13NO/c1-2-4-9(5-3-1)10-8-11-6-7-12-10/h1-5,10-11H,6-8H2/t10-/m0/s1/i2D. The zero-order valence-corrected chi connectivity index (χ0v) is 6.92. The zero-order chi connectivity index (χ0) is 9.10. The van der Waals surface area contributed by atoms with Crippen molar-refractivity contribution in [1.82, 2.24) is 5.32 Å². The molecule has 1 N–H and O–H groups in total. The van der Waals surface area contributed by atoms with Gasteiger partial charge >= 0.3 is 0 Å². The minimum Gasteiger partial charge on any atom is -0.371 e. The van der Waals surface area contributed by atoms with Crippen LogP contribution in [0.4, 0.5) is 0 Å². The molecule has 0 amide bonds. The summed E-state index contributed by atoms with van der Waals surface area (Å²) < 4.78 is 13.1. The van der Waals surface area contributed by atoms with Crippen molar-refractivity contribution in [3.63, 3.8) is 0 Å². The lowest BCUT2D eigenvalue weighted by Gasteiger charge is -2.23. The van der Waals surface area contributed by atoms with E-state index < -0.39 is 0 Å². The van der Waals surface area contributed by atoms with E-state index in [0.29, 0.717) is 6.04 Å². The van der Waals surface area contributed by atoms with Gasteiger partial charge in [0.2, 0.25) is 0 Å². The topological polar surface area (TPSA) is 21.3 Å². The number of ether oxygens (including phenoxy) is 1. The van der Waals surface area contributed by atoms with E-state index in [9.17, 15) is 0 Å². The number of hydrogen-bond donors (Lipinski definition) is 1. The molecule has 0 spiro atoms. The van der Waals surface area contributed by atoms with Crippen molar-refractivity contribution in [3.8, 4) is 0 Å². The molecule has 1 fully saturated rings. The fraction of sp³-hybridized carbons (Fsp3) is 0.400. The van der Waals surface area contributed by atoms with E-state index in [1.807, 2.05) is 18.2 Å². The Kier molecular flexibility index (Phi) is 2.04. The predicted molar refractivity (Wildman–Crippen MR) is 48.0 cm³/mol. The van der Waals surface area contributed by atoms with Crippen LogP contribution in [0.15, 0.2) is 30.3 Å². The SMILES string of the molecule is [2H]c1cccc([C@@H]2CNCCO2)c1. The molecule has 2 heteroatoms. The summed E-state index contributed by atoms with van der Waals surface area (Å²) in [5.74, 6) is 0. The molecular weight excluding hydrogens is 150 g/mol. The van der Waals surface area contributed by atoms with Gasteiger partial charge in [-0.3, -0.25) is 0 Å². The van der Waals surface area contributed by atoms with Crippen LogP contribution >= 0.6 is 0 Å². The van der Waals surface area contributed by atoms with Crippen LogP contribution in [0, 0.1) is 0 Å². The lowest BCUT2D eigenvalue weighted by atomic mass is 10.1. The number of rotatable bonds is 1. The van der Waals surface area contributed by atoms with Gasteiger partial charge in [0.05, 0.1) is 14.1 Å². The summed E-state index contributed by atoms with van der Waals surface area (Å²) in [5, 5.41) is 3.27. The Morgan fingerprint density at radius 2 is 2.50 bits per heavy atom. The average molecular weight is 164 g/mol. The third-order valence-electron chi connectivity index (χ3n) is 2.03. The molecule has 2 nitrogen and oxygen atoms in total. The fourth-order valence-electron chi connectivity index (χ4n) is 1.39. The highest BCUT2D eigenvalue weighted by Gasteiger charge is 2.14. The Morgan fingerprint density at radius 3 is 3.25 bits per heavy atom. The van der Waals surface area contributed by atoms with Crippen LogP contribution in [-0.4, -0.2) is 19.7 Å². The van der Waals surface area contributed by atoms with Crippen LogP contribution in [0.3, 0.4) is 0 Å². The first-order chi connectivity index (χ1) is 6.36. The van der Waals surface area contributed by atoms with Gasteiger partial charge in [-0.25, -0.2) is 0 Å². The molecule has 64 valence electrons. The summed E-state index contributed by atoms with van der Waals surface area (Å²) in [6.07, 6.45) is 0.124. The van der Waals surface area contributed by atoms with Crippen molar-refractivity contribution >= 4 is 0 Å². The Hall–Kier alpha value is -0.860. The molecule has 12 heavy (non-hydrogen) atoms. The maximum absolute atomic E-state index is 7.48. The predicted octanol–water partition coefficient (Wildman–Crippen LogP) is 1.35. The van der Waals surface area contributed by atoms with Crippen LogP contribution < -0.4 is 5.32 Å². The summed E-state index contributed by atoms with van der Waals surface area (Å²) in [6.45, 7) is 2.54. The molecule has 1 aromatic carbocycles. The Bertz CT molecular complexity index is 284. The van der Waals surface area contributed by atoms with Crippen molar-refractivity contribution in [2.45, 2.75) is 6.10 Å². The Balaban J connectivity index is 2.14. The highest BCUT2D eigenvalue weighted by molar-refractivity contribution is 5.18. The summed E-state index contributed by atoms with van der Waals surface area (Å²) in [7, 11) is 0. The summed E-state index contributed by atoms with van der Waals surface area (Å²) in [4.78, 5) is 0. The quantitative estimate of drug-likeness (QED) is 0.676. The van der Waals surface area contributed by atoms with E-state index >= 15 is 0 Å². The molecule has 1 atom stereocenters. The molecule has 0 unspecified atom stereocenters. The van der Waals surface area contributed by atoms with Crippen molar-refractivity contribution in [3.05, 3.63) is 35.9 Å². The van der Waals surface area contributed by atoms with Gasteiger partial charge in [0.15, 0.2) is 0 Å². The number of nitrogens with one attached hydrogen (secondary N) is 1. The zero-order valence-electron chi connectivity index (χ0n) is 7.92.